The van der Waals surface area contributed by atoms with E-state index in [4.69, 9.17) is 19.0 Å². The summed E-state index contributed by atoms with van der Waals surface area (Å²) in [6, 6.07) is 10.8. The zero-order chi connectivity index (χ0) is 32.2. The van der Waals surface area contributed by atoms with Gasteiger partial charge in [0.1, 0.15) is 11.9 Å². The molecule has 0 amide bonds. The average Bonchev–Trinajstić information content (AvgIpc) is 3.20. The maximum Gasteiger partial charge on any atom is 0.344 e. The number of aromatic hydroxyl groups is 1. The zero-order valence-corrected chi connectivity index (χ0v) is 28.3. The van der Waals surface area contributed by atoms with Crippen LogP contribution in [0, 0.1) is 17.3 Å². The van der Waals surface area contributed by atoms with Gasteiger partial charge >= 0.3 is 11.9 Å². The van der Waals surface area contributed by atoms with Gasteiger partial charge in [-0.1, -0.05) is 33.8 Å². The maximum atomic E-state index is 13.3. The van der Waals surface area contributed by atoms with Crippen LogP contribution in [0.2, 0.25) is 18.1 Å². The molecule has 3 aliphatic rings. The molecule has 0 aromatic heterocycles. The number of aryl methyl sites for hydroxylation is 1. The summed E-state index contributed by atoms with van der Waals surface area (Å²) < 4.78 is 41.5. The van der Waals surface area contributed by atoms with Gasteiger partial charge < -0.3 is 19.0 Å². The van der Waals surface area contributed by atoms with E-state index < -0.39 is 43.0 Å². The van der Waals surface area contributed by atoms with Crippen molar-refractivity contribution in [3.63, 3.8) is 0 Å². The number of nitrogens with two attached hydrogens (primary N) is 1. The lowest BCUT2D eigenvalue weighted by molar-refractivity contribution is -0.166. The first kappa shape index (κ1) is 32.7. The van der Waals surface area contributed by atoms with Crippen molar-refractivity contribution in [3.05, 3.63) is 59.2 Å². The van der Waals surface area contributed by atoms with E-state index in [1.54, 1.807) is 6.07 Å². The molecule has 4 unspecified atom stereocenters. The van der Waals surface area contributed by atoms with Gasteiger partial charge in [0.15, 0.2) is 14.9 Å². The maximum absolute atomic E-state index is 13.3. The molecule has 2 aromatic rings. The number of sulfonamides is 1. The molecular formula is C33H45NO8SSi. The Morgan fingerprint density at radius 1 is 1.09 bits per heavy atom. The van der Waals surface area contributed by atoms with E-state index in [0.29, 0.717) is 17.6 Å². The summed E-state index contributed by atoms with van der Waals surface area (Å²) in [5, 5.41) is 15.2. The Morgan fingerprint density at radius 3 is 2.41 bits per heavy atom. The third-order valence-corrected chi connectivity index (χ3v) is 16.3. The predicted molar refractivity (Wildman–Crippen MR) is 168 cm³/mol. The fourth-order valence-electron chi connectivity index (χ4n) is 7.55. The quantitative estimate of drug-likeness (QED) is 0.291. The molecule has 6 atom stereocenters. The Hall–Kier alpha value is -2.73. The Balaban J connectivity index is 1.34. The molecule has 0 radical (unpaired) electrons. The summed E-state index contributed by atoms with van der Waals surface area (Å²) in [6.45, 7) is 12.7. The first-order chi connectivity index (χ1) is 20.4. The summed E-state index contributed by atoms with van der Waals surface area (Å²) in [4.78, 5) is 25.8. The van der Waals surface area contributed by atoms with E-state index in [1.165, 1.54) is 35.4 Å². The van der Waals surface area contributed by atoms with Crippen LogP contribution < -0.4 is 5.14 Å². The molecule has 5 rings (SSSR count). The van der Waals surface area contributed by atoms with Gasteiger partial charge in [-0.15, -0.1) is 0 Å². The Bertz CT molecular complexity index is 1530. The molecule has 2 saturated carbocycles. The number of benzene rings is 2. The van der Waals surface area contributed by atoms with Crippen molar-refractivity contribution in [2.24, 2.45) is 22.4 Å². The summed E-state index contributed by atoms with van der Waals surface area (Å²) in [5.74, 6) is -0.00253. The smallest absolute Gasteiger partial charge is 0.344 e. The molecule has 44 heavy (non-hydrogen) atoms. The molecule has 11 heteroatoms. The monoisotopic (exact) mass is 643 g/mol. The molecule has 3 aliphatic carbocycles. The molecule has 0 aliphatic heterocycles. The Labute approximate surface area is 261 Å². The summed E-state index contributed by atoms with van der Waals surface area (Å²) in [5.41, 5.74) is 2.35. The van der Waals surface area contributed by atoms with Gasteiger partial charge in [-0.25, -0.2) is 23.1 Å². The topological polar surface area (TPSA) is 142 Å². The highest BCUT2D eigenvalue weighted by Crippen LogP contribution is 2.62. The van der Waals surface area contributed by atoms with Gasteiger partial charge in [-0.2, -0.15) is 0 Å². The van der Waals surface area contributed by atoms with E-state index in [1.807, 2.05) is 6.07 Å². The molecule has 0 saturated heterocycles. The SMILES string of the molecule is CC(C)(C)[Si](C)(C)OC1CC2C3CCc4cc(O)ccc4C3CC[C@]2(C)[C@H]1OC(=O)COC(=O)c1ccc(S(N)(=O)=O)cc1. The molecule has 0 spiro atoms. The Morgan fingerprint density at radius 2 is 1.77 bits per heavy atom. The minimum Gasteiger partial charge on any atom is -0.508 e. The van der Waals surface area contributed by atoms with Gasteiger partial charge in [0, 0.05) is 5.41 Å². The van der Waals surface area contributed by atoms with Crippen LogP contribution in [-0.2, 0) is 35.1 Å². The standard InChI is InChI=1S/C33H45NO8SSi/c1-32(2,3)44(5,6)42-28-18-27-26-13-9-21-17-22(35)10-14-24(21)25(26)15-16-33(27,4)30(28)41-29(36)19-40-31(37)20-7-11-23(12-8-20)43(34,38)39/h7-8,10-12,14,17,25-28,30,35H,9,13,15-16,18-19H2,1-6H3,(H2,34,38,39)/t25?,26?,27?,28?,30-,33-/m0/s1. The highest BCUT2D eigenvalue weighted by Gasteiger charge is 2.61. The van der Waals surface area contributed by atoms with Crippen LogP contribution in [0.15, 0.2) is 47.4 Å². The van der Waals surface area contributed by atoms with Crippen LogP contribution in [0.25, 0.3) is 0 Å². The van der Waals surface area contributed by atoms with Crippen molar-refractivity contribution < 1.29 is 37.0 Å². The lowest BCUT2D eigenvalue weighted by Gasteiger charge is -2.50. The highest BCUT2D eigenvalue weighted by molar-refractivity contribution is 7.89. The molecule has 3 N–H and O–H groups in total. The van der Waals surface area contributed by atoms with Crippen molar-refractivity contribution in [2.75, 3.05) is 6.61 Å². The van der Waals surface area contributed by atoms with Crippen LogP contribution in [-0.4, -0.2) is 52.6 Å². The third-order valence-electron chi connectivity index (χ3n) is 10.9. The number of esters is 2. The molecule has 2 aromatic carbocycles. The third kappa shape index (κ3) is 6.20. The average molecular weight is 644 g/mol. The van der Waals surface area contributed by atoms with Gasteiger partial charge in [-0.3, -0.25) is 0 Å². The van der Waals surface area contributed by atoms with Gasteiger partial charge in [0.25, 0.3) is 0 Å². The number of fused-ring (bicyclic) bond motifs is 5. The molecule has 2 fully saturated rings. The molecule has 0 heterocycles. The van der Waals surface area contributed by atoms with Crippen molar-refractivity contribution in [2.45, 2.75) is 101 Å². The second-order valence-corrected chi connectivity index (χ2v) is 20.9. The van der Waals surface area contributed by atoms with Crippen molar-refractivity contribution in [1.82, 2.24) is 0 Å². The summed E-state index contributed by atoms with van der Waals surface area (Å²) in [6.07, 6.45) is 3.79. The summed E-state index contributed by atoms with van der Waals surface area (Å²) in [7, 11) is -6.12. The second-order valence-electron chi connectivity index (χ2n) is 14.6. The van der Waals surface area contributed by atoms with Crippen molar-refractivity contribution >= 4 is 30.3 Å². The lowest BCUT2D eigenvalue weighted by Crippen LogP contribution is -2.50. The van der Waals surface area contributed by atoms with Gasteiger partial charge in [-0.05, 0) is 116 Å². The fourth-order valence-corrected chi connectivity index (χ4v) is 9.40. The molecular weight excluding hydrogens is 599 g/mol. The van der Waals surface area contributed by atoms with Crippen LogP contribution in [0.3, 0.4) is 0 Å². The normalized spacial score (nSPS) is 28.4. The number of phenols is 1. The van der Waals surface area contributed by atoms with Crippen molar-refractivity contribution in [1.29, 1.82) is 0 Å². The number of hydrogen-bond donors (Lipinski definition) is 2. The van der Waals surface area contributed by atoms with Crippen LogP contribution in [0.4, 0.5) is 0 Å². The Kier molecular flexibility index (Phi) is 8.58. The molecule has 0 bridgehead atoms. The molecule has 240 valence electrons. The van der Waals surface area contributed by atoms with E-state index >= 15 is 0 Å². The fraction of sp³-hybridized carbons (Fsp3) is 0.576. The predicted octanol–water partition coefficient (Wildman–Crippen LogP) is 5.66. The highest BCUT2D eigenvalue weighted by atomic mass is 32.2. The number of primary sulfonamides is 1. The van der Waals surface area contributed by atoms with E-state index in [9.17, 15) is 23.1 Å². The number of ether oxygens (including phenoxy) is 2. The zero-order valence-electron chi connectivity index (χ0n) is 26.5. The number of hydrogen-bond acceptors (Lipinski definition) is 8. The number of carbonyl (C=O) groups is 2. The van der Waals surface area contributed by atoms with Gasteiger partial charge in [0.05, 0.1) is 16.6 Å². The number of carbonyl (C=O) groups excluding carboxylic acids is 2. The van der Waals surface area contributed by atoms with Crippen molar-refractivity contribution in [3.8, 4) is 5.75 Å². The minimum absolute atomic E-state index is 0.0289. The van der Waals surface area contributed by atoms with Crippen LogP contribution in [0.1, 0.15) is 80.8 Å². The lowest BCUT2D eigenvalue weighted by atomic mass is 9.55. The van der Waals surface area contributed by atoms with Crippen LogP contribution in [0.5, 0.6) is 5.75 Å². The van der Waals surface area contributed by atoms with E-state index in [-0.39, 0.29) is 32.9 Å². The van der Waals surface area contributed by atoms with E-state index in [2.05, 4.69) is 46.9 Å². The number of rotatable bonds is 7. The summed E-state index contributed by atoms with van der Waals surface area (Å²) >= 11 is 0. The largest absolute Gasteiger partial charge is 0.508 e. The van der Waals surface area contributed by atoms with Gasteiger partial charge in [0.2, 0.25) is 10.0 Å². The van der Waals surface area contributed by atoms with Crippen LogP contribution >= 0.6 is 0 Å². The minimum atomic E-state index is -3.90. The first-order valence-electron chi connectivity index (χ1n) is 15.4. The first-order valence-corrected chi connectivity index (χ1v) is 19.9. The van der Waals surface area contributed by atoms with E-state index in [0.717, 1.165) is 32.1 Å². The number of phenolic OH excluding ortho intramolecular Hbond substituents is 1. The second kappa shape index (κ2) is 11.6. The molecule has 9 nitrogen and oxygen atoms in total.